The molecule has 0 radical (unpaired) electrons. The van der Waals surface area contributed by atoms with Gasteiger partial charge in [-0.05, 0) is 71.6 Å². The molecule has 210 valence electrons. The summed E-state index contributed by atoms with van der Waals surface area (Å²) in [7, 11) is 0. The van der Waals surface area contributed by atoms with Crippen molar-refractivity contribution in [3.05, 3.63) is 41.9 Å². The summed E-state index contributed by atoms with van der Waals surface area (Å²) in [4.78, 5) is 40.9. The summed E-state index contributed by atoms with van der Waals surface area (Å²) >= 11 is 0. The summed E-state index contributed by atoms with van der Waals surface area (Å²) in [5, 5.41) is 3.67. The van der Waals surface area contributed by atoms with E-state index in [9.17, 15) is 9.59 Å². The average molecular weight is 535 g/mol. The van der Waals surface area contributed by atoms with Gasteiger partial charge in [-0.15, -0.1) is 0 Å². The molecule has 0 bridgehead atoms. The van der Waals surface area contributed by atoms with Gasteiger partial charge < -0.3 is 24.8 Å². The standard InChI is InChI=1S/C30H42N6O3/c1-18-15-32-26(16-31-18)33-27-20(3)28(22-8-9-22)36(21(4)37)25-11-10-23(14-24(25)27)34-12-13-35(19(2)17-34)29(38)39-30(5,6)7/h10-11,14-16,19-20,22,27-28H,8-9,12-13,17H2,1-7H3,(H,32,33)/t19?,20-,27-,28-/m1/s1. The van der Waals surface area contributed by atoms with Crippen LogP contribution in [0, 0.1) is 18.8 Å². The van der Waals surface area contributed by atoms with Crippen LogP contribution in [0.25, 0.3) is 0 Å². The minimum atomic E-state index is -0.520. The highest BCUT2D eigenvalue weighted by molar-refractivity contribution is 5.94. The second kappa shape index (κ2) is 10.3. The van der Waals surface area contributed by atoms with Crippen molar-refractivity contribution >= 4 is 29.2 Å². The number of rotatable bonds is 4. The van der Waals surface area contributed by atoms with E-state index in [2.05, 4.69) is 52.2 Å². The number of amides is 2. The van der Waals surface area contributed by atoms with Gasteiger partial charge in [0.25, 0.3) is 0 Å². The zero-order chi connectivity index (χ0) is 28.1. The van der Waals surface area contributed by atoms with Crippen molar-refractivity contribution < 1.29 is 14.3 Å². The van der Waals surface area contributed by atoms with Crippen LogP contribution in [0.4, 0.5) is 22.0 Å². The molecule has 39 heavy (non-hydrogen) atoms. The van der Waals surface area contributed by atoms with Crippen LogP contribution >= 0.6 is 0 Å². The van der Waals surface area contributed by atoms with Crippen LogP contribution in [0.2, 0.25) is 0 Å². The summed E-state index contributed by atoms with van der Waals surface area (Å²) in [5.74, 6) is 1.53. The molecule has 1 saturated carbocycles. The SMILES string of the molecule is CC(=O)N1c2ccc(N3CCN(C(=O)OC(C)(C)C)C(C)C3)cc2[C@H](Nc2cnc(C)cn2)[C@@H](C)[C@@H]1C1CC1. The Morgan fingerprint density at radius 3 is 2.41 bits per heavy atom. The highest BCUT2D eigenvalue weighted by atomic mass is 16.6. The summed E-state index contributed by atoms with van der Waals surface area (Å²) < 4.78 is 5.63. The fourth-order valence-electron chi connectivity index (χ4n) is 6.16. The van der Waals surface area contributed by atoms with Gasteiger partial charge in [-0.3, -0.25) is 9.78 Å². The zero-order valence-electron chi connectivity index (χ0n) is 24.3. The van der Waals surface area contributed by atoms with E-state index in [1.807, 2.05) is 37.5 Å². The fourth-order valence-corrected chi connectivity index (χ4v) is 6.16. The van der Waals surface area contributed by atoms with Gasteiger partial charge in [-0.25, -0.2) is 9.78 Å². The first-order chi connectivity index (χ1) is 18.4. The normalized spacial score (nSPS) is 25.3. The second-order valence-electron chi connectivity index (χ2n) is 12.5. The molecule has 2 aliphatic heterocycles. The predicted molar refractivity (Wildman–Crippen MR) is 153 cm³/mol. The maximum Gasteiger partial charge on any atom is 0.410 e. The molecule has 2 aromatic rings. The maximum absolute atomic E-state index is 13.0. The van der Waals surface area contributed by atoms with Crippen molar-refractivity contribution in [1.82, 2.24) is 14.9 Å². The van der Waals surface area contributed by atoms with Crippen LogP contribution in [0.5, 0.6) is 0 Å². The third-order valence-electron chi connectivity index (χ3n) is 8.12. The number of nitrogens with zero attached hydrogens (tertiary/aromatic N) is 5. The van der Waals surface area contributed by atoms with Gasteiger partial charge in [0, 0.05) is 61.5 Å². The first kappa shape index (κ1) is 27.2. The van der Waals surface area contributed by atoms with Gasteiger partial charge in [0.05, 0.1) is 24.1 Å². The molecule has 9 heteroatoms. The van der Waals surface area contributed by atoms with Crippen LogP contribution in [0.1, 0.15) is 71.7 Å². The Balaban J connectivity index is 1.45. The van der Waals surface area contributed by atoms with Gasteiger partial charge >= 0.3 is 6.09 Å². The largest absolute Gasteiger partial charge is 0.444 e. The van der Waals surface area contributed by atoms with Crippen LogP contribution in [-0.2, 0) is 9.53 Å². The third-order valence-corrected chi connectivity index (χ3v) is 8.12. The Labute approximate surface area is 231 Å². The van der Waals surface area contributed by atoms with Gasteiger partial charge in [-0.2, -0.15) is 0 Å². The lowest BCUT2D eigenvalue weighted by atomic mass is 9.79. The predicted octanol–water partition coefficient (Wildman–Crippen LogP) is 5.17. The Morgan fingerprint density at radius 1 is 1.08 bits per heavy atom. The van der Waals surface area contributed by atoms with E-state index in [1.54, 1.807) is 19.3 Å². The Bertz CT molecular complexity index is 1220. The van der Waals surface area contributed by atoms with Crippen LogP contribution < -0.4 is 15.1 Å². The quantitative estimate of drug-likeness (QED) is 0.579. The molecule has 0 spiro atoms. The highest BCUT2D eigenvalue weighted by Gasteiger charge is 2.48. The smallest absolute Gasteiger partial charge is 0.410 e. The molecule has 2 fully saturated rings. The fraction of sp³-hybridized carbons (Fsp3) is 0.600. The summed E-state index contributed by atoms with van der Waals surface area (Å²) in [5.41, 5.74) is 3.51. The van der Waals surface area contributed by atoms with Crippen molar-refractivity contribution in [2.24, 2.45) is 11.8 Å². The van der Waals surface area contributed by atoms with Gasteiger partial charge in [-0.1, -0.05) is 6.92 Å². The van der Waals surface area contributed by atoms with E-state index >= 15 is 0 Å². The van der Waals surface area contributed by atoms with Crippen molar-refractivity contribution in [2.45, 2.75) is 85.0 Å². The molecule has 1 aromatic heterocycles. The zero-order valence-corrected chi connectivity index (χ0v) is 24.3. The lowest BCUT2D eigenvalue weighted by Crippen LogP contribution is -2.55. The van der Waals surface area contributed by atoms with Gasteiger partial charge in [0.1, 0.15) is 11.4 Å². The Hall–Kier alpha value is -3.36. The number of ether oxygens (including phenoxy) is 1. The summed E-state index contributed by atoms with van der Waals surface area (Å²) in [6.07, 6.45) is 5.61. The van der Waals surface area contributed by atoms with E-state index in [-0.39, 0.29) is 36.0 Å². The molecule has 1 aromatic carbocycles. The van der Waals surface area contributed by atoms with Crippen LogP contribution in [-0.4, -0.2) is 64.2 Å². The number of fused-ring (bicyclic) bond motifs is 1. The average Bonchev–Trinajstić information content (AvgIpc) is 3.70. The first-order valence-electron chi connectivity index (χ1n) is 14.2. The number of piperazine rings is 1. The van der Waals surface area contributed by atoms with E-state index in [0.29, 0.717) is 25.6 Å². The highest BCUT2D eigenvalue weighted by Crippen LogP contribution is 2.50. The molecule has 2 amide bonds. The van der Waals surface area contributed by atoms with Gasteiger partial charge in [0.15, 0.2) is 0 Å². The number of carbonyl (C=O) groups excluding carboxylic acids is 2. The molecule has 1 aliphatic carbocycles. The maximum atomic E-state index is 13.0. The Morgan fingerprint density at radius 2 is 1.82 bits per heavy atom. The number of nitrogens with one attached hydrogen (secondary N) is 1. The van der Waals surface area contributed by atoms with Crippen molar-refractivity contribution in [3.63, 3.8) is 0 Å². The topological polar surface area (TPSA) is 90.9 Å². The second-order valence-corrected chi connectivity index (χ2v) is 12.5. The molecule has 3 aliphatic rings. The molecule has 5 rings (SSSR count). The molecule has 9 nitrogen and oxygen atoms in total. The number of benzene rings is 1. The number of anilines is 3. The number of aromatic nitrogens is 2. The van der Waals surface area contributed by atoms with Crippen LogP contribution in [0.3, 0.4) is 0 Å². The number of hydrogen-bond donors (Lipinski definition) is 1. The van der Waals surface area contributed by atoms with Crippen LogP contribution in [0.15, 0.2) is 30.6 Å². The van der Waals surface area contributed by atoms with E-state index in [1.165, 1.54) is 0 Å². The van der Waals surface area contributed by atoms with Crippen molar-refractivity contribution in [1.29, 1.82) is 0 Å². The van der Waals surface area contributed by atoms with Gasteiger partial charge in [0.2, 0.25) is 5.91 Å². The van der Waals surface area contributed by atoms with E-state index in [0.717, 1.165) is 41.3 Å². The first-order valence-corrected chi connectivity index (χ1v) is 14.2. The molecule has 1 unspecified atom stereocenters. The number of carbonyl (C=O) groups is 2. The molecule has 4 atom stereocenters. The summed E-state index contributed by atoms with van der Waals surface area (Å²) in [6.45, 7) is 15.6. The minimum Gasteiger partial charge on any atom is -0.444 e. The summed E-state index contributed by atoms with van der Waals surface area (Å²) in [6, 6.07) is 6.59. The lowest BCUT2D eigenvalue weighted by Gasteiger charge is -2.46. The molecule has 3 heterocycles. The van der Waals surface area contributed by atoms with E-state index in [4.69, 9.17) is 4.74 Å². The third kappa shape index (κ3) is 5.68. The molecule has 1 saturated heterocycles. The Kier molecular flexibility index (Phi) is 7.20. The minimum absolute atomic E-state index is 0.00766. The molecular formula is C30H42N6O3. The monoisotopic (exact) mass is 534 g/mol. The lowest BCUT2D eigenvalue weighted by molar-refractivity contribution is -0.117. The number of hydrogen-bond acceptors (Lipinski definition) is 7. The molecular weight excluding hydrogens is 492 g/mol. The number of aryl methyl sites for hydroxylation is 1. The van der Waals surface area contributed by atoms with Crippen molar-refractivity contribution in [2.75, 3.05) is 34.8 Å². The van der Waals surface area contributed by atoms with Crippen molar-refractivity contribution in [3.8, 4) is 0 Å². The molecule has 1 N–H and O–H groups in total. The van der Waals surface area contributed by atoms with E-state index < -0.39 is 5.60 Å².